The summed E-state index contributed by atoms with van der Waals surface area (Å²) in [7, 11) is 0. The molecule has 1 atom stereocenters. The lowest BCUT2D eigenvalue weighted by atomic mass is 9.91. The Balaban J connectivity index is 2.89. The van der Waals surface area contributed by atoms with E-state index in [1.165, 1.54) is 0 Å². The molecule has 1 heterocycles. The van der Waals surface area contributed by atoms with Crippen molar-refractivity contribution in [2.75, 3.05) is 0 Å². The third-order valence-electron chi connectivity index (χ3n) is 2.20. The van der Waals surface area contributed by atoms with Gasteiger partial charge in [-0.15, -0.1) is 0 Å². The van der Waals surface area contributed by atoms with Gasteiger partial charge in [0.05, 0.1) is 5.92 Å². The van der Waals surface area contributed by atoms with Gasteiger partial charge in [0.25, 0.3) is 0 Å². The molecule has 82 valence electrons. The minimum Gasteiger partial charge on any atom is -0.369 e. The largest absolute Gasteiger partial charge is 0.369 e. The number of nitrogens with zero attached hydrogens (tertiary/aromatic N) is 1. The molecule has 1 aromatic heterocycles. The van der Waals surface area contributed by atoms with Crippen LogP contribution < -0.4 is 5.73 Å². The number of primary amides is 1. The third kappa shape index (κ3) is 3.51. The number of pyridine rings is 1. The quantitative estimate of drug-likeness (QED) is 0.802. The Kier molecular flexibility index (Phi) is 4.09. The van der Waals surface area contributed by atoms with Crippen molar-refractivity contribution in [2.24, 2.45) is 11.7 Å². The third-order valence-corrected chi connectivity index (χ3v) is 2.43. The van der Waals surface area contributed by atoms with Crippen LogP contribution in [0.3, 0.4) is 0 Å². The van der Waals surface area contributed by atoms with Gasteiger partial charge < -0.3 is 5.73 Å². The first-order chi connectivity index (χ1) is 7.00. The van der Waals surface area contributed by atoms with Gasteiger partial charge in [-0.2, -0.15) is 0 Å². The number of carbonyl (C=O) groups is 1. The Morgan fingerprint density at radius 3 is 2.60 bits per heavy atom. The van der Waals surface area contributed by atoms with Gasteiger partial charge in [-0.3, -0.25) is 4.79 Å². The summed E-state index contributed by atoms with van der Waals surface area (Å²) >= 11 is 5.67. The van der Waals surface area contributed by atoms with Gasteiger partial charge in [-0.05, 0) is 24.0 Å². The number of aromatic nitrogens is 1. The maximum Gasteiger partial charge on any atom is 0.225 e. The number of halogens is 1. The van der Waals surface area contributed by atoms with Crippen LogP contribution in [0.1, 0.15) is 31.7 Å². The van der Waals surface area contributed by atoms with E-state index in [1.54, 1.807) is 18.3 Å². The van der Waals surface area contributed by atoms with Crippen molar-refractivity contribution in [3.63, 3.8) is 0 Å². The van der Waals surface area contributed by atoms with Crippen molar-refractivity contribution in [3.8, 4) is 0 Å². The number of amides is 1. The molecule has 4 heteroatoms. The molecule has 15 heavy (non-hydrogen) atoms. The number of rotatable bonds is 4. The molecule has 0 radical (unpaired) electrons. The van der Waals surface area contributed by atoms with E-state index in [0.29, 0.717) is 11.1 Å². The number of hydrogen-bond donors (Lipinski definition) is 1. The smallest absolute Gasteiger partial charge is 0.225 e. The van der Waals surface area contributed by atoms with Crippen LogP contribution in [0.25, 0.3) is 0 Å². The summed E-state index contributed by atoms with van der Waals surface area (Å²) in [5.41, 5.74) is 6.19. The molecule has 2 N–H and O–H groups in total. The fraction of sp³-hybridized carbons (Fsp3) is 0.455. The van der Waals surface area contributed by atoms with Crippen molar-refractivity contribution in [2.45, 2.75) is 26.2 Å². The van der Waals surface area contributed by atoms with E-state index >= 15 is 0 Å². The zero-order chi connectivity index (χ0) is 11.4. The highest BCUT2D eigenvalue weighted by Crippen LogP contribution is 2.23. The predicted molar refractivity (Wildman–Crippen MR) is 60.6 cm³/mol. The van der Waals surface area contributed by atoms with Gasteiger partial charge in [0.2, 0.25) is 5.91 Å². The summed E-state index contributed by atoms with van der Waals surface area (Å²) < 4.78 is 0. The zero-order valence-electron chi connectivity index (χ0n) is 8.90. The summed E-state index contributed by atoms with van der Waals surface area (Å²) in [5.74, 6) is -0.166. The normalized spacial score (nSPS) is 12.8. The second-order valence-electron chi connectivity index (χ2n) is 4.00. The molecule has 1 amide bonds. The minimum absolute atomic E-state index is 0.269. The zero-order valence-corrected chi connectivity index (χ0v) is 9.66. The van der Waals surface area contributed by atoms with Crippen LogP contribution in [0, 0.1) is 5.92 Å². The predicted octanol–water partition coefficient (Wildman–Crippen LogP) is 2.35. The van der Waals surface area contributed by atoms with E-state index in [1.807, 2.05) is 0 Å². The number of carbonyl (C=O) groups excluding carboxylic acids is 1. The number of hydrogen-bond acceptors (Lipinski definition) is 2. The lowest BCUT2D eigenvalue weighted by Crippen LogP contribution is -2.22. The van der Waals surface area contributed by atoms with Crippen LogP contribution in [0.4, 0.5) is 0 Å². The molecule has 0 aromatic carbocycles. The Hall–Kier alpha value is -1.09. The highest BCUT2D eigenvalue weighted by Gasteiger charge is 2.19. The van der Waals surface area contributed by atoms with E-state index in [2.05, 4.69) is 18.8 Å². The standard InChI is InChI=1S/C11H15ClN2O/c1-7(2)5-9(11(13)15)8-3-4-10(12)14-6-8/h3-4,6-7,9H,5H2,1-2H3,(H2,13,15). The number of nitrogens with two attached hydrogens (primary N) is 1. The fourth-order valence-corrected chi connectivity index (χ4v) is 1.59. The summed E-state index contributed by atoms with van der Waals surface area (Å²) in [6, 6.07) is 3.47. The SMILES string of the molecule is CC(C)CC(C(N)=O)c1ccc(Cl)nc1. The van der Waals surface area contributed by atoms with Gasteiger partial charge in [0.1, 0.15) is 5.15 Å². The molecular weight excluding hydrogens is 212 g/mol. The van der Waals surface area contributed by atoms with Gasteiger partial charge >= 0.3 is 0 Å². The van der Waals surface area contributed by atoms with Crippen molar-refractivity contribution in [1.29, 1.82) is 0 Å². The minimum atomic E-state index is -0.312. The molecule has 1 unspecified atom stereocenters. The molecular formula is C11H15ClN2O. The van der Waals surface area contributed by atoms with E-state index < -0.39 is 0 Å². The van der Waals surface area contributed by atoms with E-state index in [-0.39, 0.29) is 11.8 Å². The van der Waals surface area contributed by atoms with E-state index in [4.69, 9.17) is 17.3 Å². The topological polar surface area (TPSA) is 56.0 Å². The van der Waals surface area contributed by atoms with Crippen molar-refractivity contribution in [3.05, 3.63) is 29.0 Å². The molecule has 3 nitrogen and oxygen atoms in total. The summed E-state index contributed by atoms with van der Waals surface area (Å²) in [5, 5.41) is 0.423. The maximum atomic E-state index is 11.3. The van der Waals surface area contributed by atoms with Crippen LogP contribution in [0.15, 0.2) is 18.3 Å². The van der Waals surface area contributed by atoms with Crippen LogP contribution in [-0.4, -0.2) is 10.9 Å². The summed E-state index contributed by atoms with van der Waals surface area (Å²) in [6.45, 7) is 4.11. The Bertz CT molecular complexity index is 335. The molecule has 1 rings (SSSR count). The molecule has 0 aliphatic carbocycles. The first kappa shape index (κ1) is 12.0. The first-order valence-corrected chi connectivity index (χ1v) is 5.29. The van der Waals surface area contributed by atoms with Gasteiger partial charge in [0.15, 0.2) is 0 Å². The lowest BCUT2D eigenvalue weighted by Gasteiger charge is -2.15. The van der Waals surface area contributed by atoms with Gasteiger partial charge in [-0.1, -0.05) is 31.5 Å². The van der Waals surface area contributed by atoms with Gasteiger partial charge in [-0.25, -0.2) is 4.98 Å². The monoisotopic (exact) mass is 226 g/mol. The van der Waals surface area contributed by atoms with E-state index in [0.717, 1.165) is 12.0 Å². The Morgan fingerprint density at radius 1 is 1.53 bits per heavy atom. The molecule has 0 aliphatic rings. The Labute approximate surface area is 94.6 Å². The van der Waals surface area contributed by atoms with Crippen molar-refractivity contribution < 1.29 is 4.79 Å². The lowest BCUT2D eigenvalue weighted by molar-refractivity contribution is -0.119. The molecule has 0 spiro atoms. The van der Waals surface area contributed by atoms with Crippen molar-refractivity contribution in [1.82, 2.24) is 4.98 Å². The maximum absolute atomic E-state index is 11.3. The van der Waals surface area contributed by atoms with E-state index in [9.17, 15) is 4.79 Å². The van der Waals surface area contributed by atoms with Gasteiger partial charge in [0, 0.05) is 6.20 Å². The summed E-state index contributed by atoms with van der Waals surface area (Å²) in [4.78, 5) is 15.2. The van der Waals surface area contributed by atoms with Crippen LogP contribution in [-0.2, 0) is 4.79 Å². The van der Waals surface area contributed by atoms with Crippen molar-refractivity contribution >= 4 is 17.5 Å². The molecule has 0 saturated heterocycles. The second kappa shape index (κ2) is 5.12. The van der Waals surface area contributed by atoms with Crippen LogP contribution >= 0.6 is 11.6 Å². The molecule has 0 bridgehead atoms. The first-order valence-electron chi connectivity index (χ1n) is 4.91. The van der Waals surface area contributed by atoms with Crippen LogP contribution in [0.2, 0.25) is 5.15 Å². The highest BCUT2D eigenvalue weighted by molar-refractivity contribution is 6.29. The molecule has 0 saturated carbocycles. The average molecular weight is 227 g/mol. The molecule has 0 aliphatic heterocycles. The molecule has 1 aromatic rings. The highest BCUT2D eigenvalue weighted by atomic mass is 35.5. The Morgan fingerprint density at radius 2 is 2.20 bits per heavy atom. The fourth-order valence-electron chi connectivity index (χ4n) is 1.48. The summed E-state index contributed by atoms with van der Waals surface area (Å²) in [6.07, 6.45) is 2.35. The average Bonchev–Trinajstić information content (AvgIpc) is 2.15. The molecule has 0 fully saturated rings. The second-order valence-corrected chi connectivity index (χ2v) is 4.39. The van der Waals surface area contributed by atoms with Crippen LogP contribution in [0.5, 0.6) is 0 Å².